The van der Waals surface area contributed by atoms with E-state index in [-0.39, 0.29) is 24.6 Å². The third-order valence-electron chi connectivity index (χ3n) is 6.53. The Morgan fingerprint density at radius 1 is 0.400 bits per heavy atom. The molecule has 0 N–H and O–H groups in total. The molecule has 0 aromatic heterocycles. The molecule has 0 aromatic rings. The van der Waals surface area contributed by atoms with E-state index < -0.39 is 0 Å². The summed E-state index contributed by atoms with van der Waals surface area (Å²) in [5, 5.41) is 0. The predicted octanol–water partition coefficient (Wildman–Crippen LogP) is 12.3. The third kappa shape index (κ3) is 36.6. The Morgan fingerprint density at radius 3 is 1.11 bits per heavy atom. The van der Waals surface area contributed by atoms with Gasteiger partial charge in [0.2, 0.25) is 0 Å². The van der Waals surface area contributed by atoms with E-state index in [1.165, 1.54) is 0 Å². The monoisotopic (exact) mass is 614 g/mol. The average Bonchev–Trinajstić information content (AvgIpc) is 3.04. The van der Waals surface area contributed by atoms with Crippen LogP contribution in [0, 0.1) is 0 Å². The molecule has 0 aliphatic carbocycles. The van der Waals surface area contributed by atoms with Crippen LogP contribution in [0.2, 0.25) is 0 Å². The highest BCUT2D eigenvalue weighted by atomic mass is 16.5. The lowest BCUT2D eigenvalue weighted by atomic mass is 10.1. The van der Waals surface area contributed by atoms with Gasteiger partial charge >= 0.3 is 5.97 Å². The lowest BCUT2D eigenvalue weighted by molar-refractivity contribution is -0.144. The van der Waals surface area contributed by atoms with E-state index >= 15 is 0 Å². The smallest absolute Gasteiger partial charge is 0.306 e. The van der Waals surface area contributed by atoms with Crippen LogP contribution in [0.4, 0.5) is 0 Å². The van der Waals surface area contributed by atoms with Gasteiger partial charge in [-0.2, -0.15) is 0 Å². The fourth-order valence-corrected chi connectivity index (χ4v) is 3.98. The number of allylic oxidation sites excluding steroid dienone is 20. The maximum atomic E-state index is 12.1. The maximum Gasteiger partial charge on any atom is 0.306 e. The number of carbonyl (C=O) groups is 2. The first-order valence-electron chi connectivity index (χ1n) is 17.4. The van der Waals surface area contributed by atoms with Gasteiger partial charge in [0.15, 0.2) is 0 Å². The van der Waals surface area contributed by atoms with Crippen molar-refractivity contribution >= 4 is 11.8 Å². The second kappa shape index (κ2) is 36.7. The number of hydrogen-bond donors (Lipinski definition) is 0. The molecule has 0 aliphatic heterocycles. The third-order valence-corrected chi connectivity index (χ3v) is 6.53. The topological polar surface area (TPSA) is 43.4 Å². The molecule has 0 aromatic carbocycles. The SMILES string of the molecule is CC/C=C\C/C=C\C/C=C\C/C=C\C/C=C\CCCOC(=O)CCC(=O)CCC/C=C\C/C=C\C/C=C\C/C=C\C/C=C\CC. The second-order valence-electron chi connectivity index (χ2n) is 10.7. The van der Waals surface area contributed by atoms with Crippen molar-refractivity contribution in [2.45, 2.75) is 123 Å². The Balaban J connectivity index is 3.63. The van der Waals surface area contributed by atoms with E-state index in [0.717, 1.165) is 89.9 Å². The lowest BCUT2D eigenvalue weighted by Crippen LogP contribution is -2.08. The highest BCUT2D eigenvalue weighted by Gasteiger charge is 2.07. The molecule has 0 spiro atoms. The lowest BCUT2D eigenvalue weighted by Gasteiger charge is -2.03. The second-order valence-corrected chi connectivity index (χ2v) is 10.7. The fourth-order valence-electron chi connectivity index (χ4n) is 3.98. The molecule has 45 heavy (non-hydrogen) atoms. The average molecular weight is 615 g/mol. The molecular formula is C42H62O3. The van der Waals surface area contributed by atoms with E-state index in [4.69, 9.17) is 4.74 Å². The minimum atomic E-state index is -0.273. The summed E-state index contributed by atoms with van der Waals surface area (Å²) in [6.07, 6.45) is 58.0. The summed E-state index contributed by atoms with van der Waals surface area (Å²) >= 11 is 0. The van der Waals surface area contributed by atoms with Gasteiger partial charge in [-0.3, -0.25) is 9.59 Å². The Labute approximate surface area is 276 Å². The van der Waals surface area contributed by atoms with Crippen molar-refractivity contribution in [1.82, 2.24) is 0 Å². The molecule has 0 bridgehead atoms. The highest BCUT2D eigenvalue weighted by Crippen LogP contribution is 2.05. The van der Waals surface area contributed by atoms with Gasteiger partial charge in [-0.1, -0.05) is 135 Å². The molecule has 0 saturated heterocycles. The zero-order chi connectivity index (χ0) is 32.7. The van der Waals surface area contributed by atoms with Crippen LogP contribution in [0.1, 0.15) is 123 Å². The quantitative estimate of drug-likeness (QED) is 0.0478. The number of ketones is 1. The van der Waals surface area contributed by atoms with E-state index in [9.17, 15) is 9.59 Å². The van der Waals surface area contributed by atoms with Crippen molar-refractivity contribution in [3.05, 3.63) is 122 Å². The van der Waals surface area contributed by atoms with Crippen LogP contribution in [0.15, 0.2) is 122 Å². The normalized spacial score (nSPS) is 13.1. The number of esters is 1. The molecule has 248 valence electrons. The molecule has 0 heterocycles. The van der Waals surface area contributed by atoms with Crippen LogP contribution in [0.5, 0.6) is 0 Å². The summed E-state index contributed by atoms with van der Waals surface area (Å²) in [4.78, 5) is 24.0. The van der Waals surface area contributed by atoms with Crippen molar-refractivity contribution in [1.29, 1.82) is 0 Å². The van der Waals surface area contributed by atoms with Gasteiger partial charge in [-0.25, -0.2) is 0 Å². The van der Waals surface area contributed by atoms with Gasteiger partial charge < -0.3 is 4.74 Å². The van der Waals surface area contributed by atoms with Crippen molar-refractivity contribution in [2.24, 2.45) is 0 Å². The van der Waals surface area contributed by atoms with Gasteiger partial charge in [0, 0.05) is 12.8 Å². The molecule has 0 fully saturated rings. The standard InChI is InChI=1S/C42H62O3/c1-3-5-7-9-11-13-15-17-19-21-23-25-27-29-31-33-35-37-41(43)38-39-42(44)45-40-36-34-32-30-28-26-24-22-20-18-16-14-12-10-8-6-4-2/h5-8,11-14,17-20,23-26,29-32H,3-4,9-10,15-16,21-22,27-28,33-40H2,1-2H3/b7-5-,8-6-,13-11-,14-12-,19-17-,20-18-,25-23-,26-24-,31-29-,32-30-. The number of hydrogen-bond acceptors (Lipinski definition) is 3. The van der Waals surface area contributed by atoms with Gasteiger partial charge in [0.25, 0.3) is 0 Å². The molecule has 0 amide bonds. The predicted molar refractivity (Wildman–Crippen MR) is 197 cm³/mol. The zero-order valence-electron chi connectivity index (χ0n) is 28.5. The van der Waals surface area contributed by atoms with Crippen LogP contribution >= 0.6 is 0 Å². The number of carbonyl (C=O) groups excluding carboxylic acids is 2. The highest BCUT2D eigenvalue weighted by molar-refractivity contribution is 5.82. The number of rotatable bonds is 29. The van der Waals surface area contributed by atoms with Crippen molar-refractivity contribution < 1.29 is 14.3 Å². The Hall–Kier alpha value is -3.46. The van der Waals surface area contributed by atoms with E-state index in [0.29, 0.717) is 13.0 Å². The first kappa shape index (κ1) is 41.5. The molecule has 0 atom stereocenters. The zero-order valence-corrected chi connectivity index (χ0v) is 28.5. The van der Waals surface area contributed by atoms with Gasteiger partial charge in [0.05, 0.1) is 13.0 Å². The van der Waals surface area contributed by atoms with Gasteiger partial charge in [-0.15, -0.1) is 0 Å². The first-order chi connectivity index (χ1) is 22.2. The largest absolute Gasteiger partial charge is 0.466 e. The van der Waals surface area contributed by atoms with E-state index in [2.05, 4.69) is 135 Å². The summed E-state index contributed by atoms with van der Waals surface area (Å²) in [5.74, 6) is -0.136. The van der Waals surface area contributed by atoms with E-state index in [1.54, 1.807) is 0 Å². The van der Waals surface area contributed by atoms with Crippen molar-refractivity contribution in [2.75, 3.05) is 6.61 Å². The maximum absolute atomic E-state index is 12.1. The number of Topliss-reactive ketones (excluding diaryl/α,β-unsaturated/α-hetero) is 1. The molecule has 0 unspecified atom stereocenters. The summed E-state index contributed by atoms with van der Waals surface area (Å²) < 4.78 is 5.27. The Bertz CT molecular complexity index is 995. The number of ether oxygens (including phenoxy) is 1. The minimum Gasteiger partial charge on any atom is -0.466 e. The van der Waals surface area contributed by atoms with Gasteiger partial charge in [0.1, 0.15) is 5.78 Å². The number of unbranched alkanes of at least 4 members (excludes halogenated alkanes) is 2. The van der Waals surface area contributed by atoms with Crippen LogP contribution < -0.4 is 0 Å². The molecular weight excluding hydrogens is 552 g/mol. The molecule has 0 aliphatic rings. The van der Waals surface area contributed by atoms with Crippen LogP contribution in [0.25, 0.3) is 0 Å². The van der Waals surface area contributed by atoms with Crippen molar-refractivity contribution in [3.63, 3.8) is 0 Å². The summed E-state index contributed by atoms with van der Waals surface area (Å²) in [6, 6.07) is 0. The van der Waals surface area contributed by atoms with Crippen molar-refractivity contribution in [3.8, 4) is 0 Å². The van der Waals surface area contributed by atoms with E-state index in [1.807, 2.05) is 0 Å². The Kier molecular flexibility index (Phi) is 33.9. The molecule has 0 radical (unpaired) electrons. The molecule has 3 heteroatoms. The fraction of sp³-hybridized carbons (Fsp3) is 0.476. The summed E-state index contributed by atoms with van der Waals surface area (Å²) in [7, 11) is 0. The molecule has 3 nitrogen and oxygen atoms in total. The van der Waals surface area contributed by atoms with Crippen LogP contribution in [-0.2, 0) is 14.3 Å². The van der Waals surface area contributed by atoms with Crippen LogP contribution in [-0.4, -0.2) is 18.4 Å². The summed E-state index contributed by atoms with van der Waals surface area (Å²) in [5.41, 5.74) is 0. The summed E-state index contributed by atoms with van der Waals surface area (Å²) in [6.45, 7) is 4.71. The van der Waals surface area contributed by atoms with Gasteiger partial charge in [-0.05, 0) is 89.9 Å². The first-order valence-corrected chi connectivity index (χ1v) is 17.4. The van der Waals surface area contributed by atoms with Crippen LogP contribution in [0.3, 0.4) is 0 Å². The molecule has 0 rings (SSSR count). The minimum absolute atomic E-state index is 0.137. The Morgan fingerprint density at radius 2 is 0.733 bits per heavy atom. The molecule has 0 saturated carbocycles.